The van der Waals surface area contributed by atoms with E-state index in [4.69, 9.17) is 9.84 Å². The fourth-order valence-electron chi connectivity index (χ4n) is 2.02. The molecule has 0 aliphatic rings. The van der Waals surface area contributed by atoms with E-state index in [1.54, 1.807) is 6.92 Å². The second kappa shape index (κ2) is 9.20. The van der Waals surface area contributed by atoms with Crippen LogP contribution in [0.25, 0.3) is 0 Å². The van der Waals surface area contributed by atoms with E-state index in [-0.39, 0.29) is 25.0 Å². The third-order valence-electron chi connectivity index (χ3n) is 3.30. The maximum absolute atomic E-state index is 11.9. The SMILES string of the molecule is CC(C)C[C@H](NC[C@H](C)C(=O)OCc1ccccc1)C(=O)O. The van der Waals surface area contributed by atoms with Crippen LogP contribution in [0.15, 0.2) is 30.3 Å². The summed E-state index contributed by atoms with van der Waals surface area (Å²) in [7, 11) is 0. The van der Waals surface area contributed by atoms with Crippen molar-refractivity contribution in [3.8, 4) is 0 Å². The van der Waals surface area contributed by atoms with Crippen LogP contribution in [0.2, 0.25) is 0 Å². The zero-order chi connectivity index (χ0) is 16.5. The number of carboxylic acid groups (broad SMARTS) is 1. The van der Waals surface area contributed by atoms with Crippen molar-refractivity contribution >= 4 is 11.9 Å². The minimum atomic E-state index is -0.890. The molecule has 0 radical (unpaired) electrons. The minimum Gasteiger partial charge on any atom is -0.480 e. The molecule has 2 N–H and O–H groups in total. The van der Waals surface area contributed by atoms with Gasteiger partial charge in [-0.25, -0.2) is 0 Å². The predicted molar refractivity (Wildman–Crippen MR) is 84.3 cm³/mol. The van der Waals surface area contributed by atoms with Crippen molar-refractivity contribution in [2.45, 2.75) is 39.8 Å². The molecule has 0 aliphatic heterocycles. The molecule has 0 amide bonds. The lowest BCUT2D eigenvalue weighted by Gasteiger charge is -2.19. The average molecular weight is 307 g/mol. The van der Waals surface area contributed by atoms with Crippen molar-refractivity contribution in [3.63, 3.8) is 0 Å². The molecular weight excluding hydrogens is 282 g/mol. The minimum absolute atomic E-state index is 0.234. The Morgan fingerprint density at radius 1 is 1.18 bits per heavy atom. The summed E-state index contributed by atoms with van der Waals surface area (Å²) in [6.45, 7) is 6.19. The summed E-state index contributed by atoms with van der Waals surface area (Å²) < 4.78 is 5.24. The van der Waals surface area contributed by atoms with Crippen molar-refractivity contribution in [1.82, 2.24) is 5.32 Å². The van der Waals surface area contributed by atoms with Gasteiger partial charge in [-0.1, -0.05) is 51.1 Å². The third kappa shape index (κ3) is 6.72. The highest BCUT2D eigenvalue weighted by Gasteiger charge is 2.21. The van der Waals surface area contributed by atoms with Crippen LogP contribution in [0.4, 0.5) is 0 Å². The maximum atomic E-state index is 11.9. The first-order chi connectivity index (χ1) is 10.4. The Morgan fingerprint density at radius 3 is 2.36 bits per heavy atom. The molecule has 5 heteroatoms. The van der Waals surface area contributed by atoms with Crippen LogP contribution >= 0.6 is 0 Å². The Balaban J connectivity index is 2.38. The van der Waals surface area contributed by atoms with Crippen molar-refractivity contribution < 1.29 is 19.4 Å². The van der Waals surface area contributed by atoms with E-state index in [1.165, 1.54) is 0 Å². The molecule has 0 unspecified atom stereocenters. The van der Waals surface area contributed by atoms with Crippen LogP contribution in [0, 0.1) is 11.8 Å². The summed E-state index contributed by atoms with van der Waals surface area (Å²) in [6, 6.07) is 8.82. The highest BCUT2D eigenvalue weighted by molar-refractivity contribution is 5.74. The molecule has 0 saturated heterocycles. The largest absolute Gasteiger partial charge is 0.480 e. The fraction of sp³-hybridized carbons (Fsp3) is 0.529. The Bertz CT molecular complexity index is 473. The topological polar surface area (TPSA) is 75.6 Å². The second-order valence-electron chi connectivity index (χ2n) is 5.92. The predicted octanol–water partition coefficient (Wildman–Crippen LogP) is 2.45. The summed E-state index contributed by atoms with van der Waals surface area (Å²) in [6.07, 6.45) is 0.529. The first kappa shape index (κ1) is 18.2. The zero-order valence-electron chi connectivity index (χ0n) is 13.4. The normalized spacial score (nSPS) is 13.6. The molecule has 1 aromatic rings. The standard InChI is InChI=1S/C17H25NO4/c1-12(2)9-15(16(19)20)18-10-13(3)17(21)22-11-14-7-5-4-6-8-14/h4-8,12-13,15,18H,9-11H2,1-3H3,(H,19,20)/t13-,15-/m0/s1. The van der Waals surface area contributed by atoms with E-state index in [9.17, 15) is 9.59 Å². The summed E-state index contributed by atoms with van der Waals surface area (Å²) >= 11 is 0. The molecule has 0 heterocycles. The van der Waals surface area contributed by atoms with E-state index < -0.39 is 17.9 Å². The zero-order valence-corrected chi connectivity index (χ0v) is 13.4. The van der Waals surface area contributed by atoms with Crippen LogP contribution < -0.4 is 5.32 Å². The van der Waals surface area contributed by atoms with Crippen molar-refractivity contribution in [3.05, 3.63) is 35.9 Å². The smallest absolute Gasteiger partial charge is 0.320 e. The van der Waals surface area contributed by atoms with E-state index in [1.807, 2.05) is 44.2 Å². The molecule has 122 valence electrons. The van der Waals surface area contributed by atoms with Gasteiger partial charge in [-0.15, -0.1) is 0 Å². The lowest BCUT2D eigenvalue weighted by atomic mass is 10.0. The Kier molecular flexibility index (Phi) is 7.60. The highest BCUT2D eigenvalue weighted by Crippen LogP contribution is 2.07. The van der Waals surface area contributed by atoms with Crippen molar-refractivity contribution in [1.29, 1.82) is 0 Å². The van der Waals surface area contributed by atoms with Gasteiger partial charge in [0.05, 0.1) is 5.92 Å². The van der Waals surface area contributed by atoms with Gasteiger partial charge in [-0.05, 0) is 17.9 Å². The molecule has 0 aliphatic carbocycles. The van der Waals surface area contributed by atoms with Crippen LogP contribution in [0.1, 0.15) is 32.8 Å². The van der Waals surface area contributed by atoms with Gasteiger partial charge < -0.3 is 15.2 Å². The monoisotopic (exact) mass is 307 g/mol. The lowest BCUT2D eigenvalue weighted by molar-refractivity contribution is -0.149. The molecule has 0 saturated carbocycles. The number of carboxylic acids is 1. The fourth-order valence-corrected chi connectivity index (χ4v) is 2.02. The van der Waals surface area contributed by atoms with Crippen molar-refractivity contribution in [2.24, 2.45) is 11.8 Å². The summed E-state index contributed by atoms with van der Waals surface area (Å²) in [5.41, 5.74) is 0.930. The number of hydrogen-bond donors (Lipinski definition) is 2. The molecular formula is C17H25NO4. The third-order valence-corrected chi connectivity index (χ3v) is 3.30. The first-order valence-electron chi connectivity index (χ1n) is 7.57. The number of nitrogens with one attached hydrogen (secondary N) is 1. The van der Waals surface area contributed by atoms with Crippen molar-refractivity contribution in [2.75, 3.05) is 6.54 Å². The molecule has 0 bridgehead atoms. The lowest BCUT2D eigenvalue weighted by Crippen LogP contribution is -2.41. The molecule has 1 rings (SSSR count). The number of carbonyl (C=O) groups excluding carboxylic acids is 1. The van der Waals surface area contributed by atoms with Gasteiger partial charge in [0.1, 0.15) is 12.6 Å². The summed E-state index contributed by atoms with van der Waals surface area (Å²) in [5, 5.41) is 12.1. The molecule has 5 nitrogen and oxygen atoms in total. The molecule has 0 aromatic heterocycles. The highest BCUT2D eigenvalue weighted by atomic mass is 16.5. The Labute approximate surface area is 131 Å². The van der Waals surface area contributed by atoms with Crippen LogP contribution in [-0.2, 0) is 20.9 Å². The molecule has 0 fully saturated rings. The number of esters is 1. The van der Waals surface area contributed by atoms with E-state index in [0.29, 0.717) is 6.42 Å². The van der Waals surface area contributed by atoms with Gasteiger partial charge in [-0.3, -0.25) is 9.59 Å². The quantitative estimate of drug-likeness (QED) is 0.685. The number of carbonyl (C=O) groups is 2. The van der Waals surface area contributed by atoms with Gasteiger partial charge in [0.2, 0.25) is 0 Å². The number of hydrogen-bond acceptors (Lipinski definition) is 4. The Hall–Kier alpha value is -1.88. The average Bonchev–Trinajstić information content (AvgIpc) is 2.49. The number of ether oxygens (including phenoxy) is 1. The van der Waals surface area contributed by atoms with Crippen LogP contribution in [0.5, 0.6) is 0 Å². The number of rotatable bonds is 9. The van der Waals surface area contributed by atoms with Gasteiger partial charge in [0.25, 0.3) is 0 Å². The molecule has 2 atom stereocenters. The van der Waals surface area contributed by atoms with Gasteiger partial charge >= 0.3 is 11.9 Å². The van der Waals surface area contributed by atoms with E-state index in [0.717, 1.165) is 5.56 Å². The maximum Gasteiger partial charge on any atom is 0.320 e. The van der Waals surface area contributed by atoms with Gasteiger partial charge in [0.15, 0.2) is 0 Å². The summed E-state index contributed by atoms with van der Waals surface area (Å²) in [4.78, 5) is 23.1. The van der Waals surface area contributed by atoms with E-state index in [2.05, 4.69) is 5.32 Å². The summed E-state index contributed by atoms with van der Waals surface area (Å²) in [5.74, 6) is -1.34. The van der Waals surface area contributed by atoms with Gasteiger partial charge in [-0.2, -0.15) is 0 Å². The number of aliphatic carboxylic acids is 1. The van der Waals surface area contributed by atoms with Crippen LogP contribution in [-0.4, -0.2) is 29.6 Å². The van der Waals surface area contributed by atoms with Crippen LogP contribution in [0.3, 0.4) is 0 Å². The molecule has 1 aromatic carbocycles. The van der Waals surface area contributed by atoms with Gasteiger partial charge in [0, 0.05) is 6.54 Å². The first-order valence-corrected chi connectivity index (χ1v) is 7.57. The molecule has 22 heavy (non-hydrogen) atoms. The number of benzene rings is 1. The van der Waals surface area contributed by atoms with E-state index >= 15 is 0 Å². The second-order valence-corrected chi connectivity index (χ2v) is 5.92. The molecule has 0 spiro atoms. The Morgan fingerprint density at radius 2 is 1.82 bits per heavy atom.